The number of hydrogen-bond acceptors (Lipinski definition) is 5. The summed E-state index contributed by atoms with van der Waals surface area (Å²) in [6, 6.07) is 5.81. The van der Waals surface area contributed by atoms with Gasteiger partial charge in [-0.2, -0.15) is 4.98 Å². The van der Waals surface area contributed by atoms with Crippen LogP contribution in [0.3, 0.4) is 0 Å². The van der Waals surface area contributed by atoms with E-state index in [9.17, 15) is 5.11 Å². The Morgan fingerprint density at radius 3 is 2.46 bits per heavy atom. The number of hydrogen-bond donors (Lipinski definition) is 1. The summed E-state index contributed by atoms with van der Waals surface area (Å²) in [7, 11) is 0. The minimum absolute atomic E-state index is 0.330. The summed E-state index contributed by atoms with van der Waals surface area (Å²) in [6.07, 6.45) is 3.50. The van der Waals surface area contributed by atoms with Gasteiger partial charge in [-0.3, -0.25) is 4.98 Å². The van der Waals surface area contributed by atoms with Gasteiger partial charge in [0.1, 0.15) is 5.75 Å². The van der Waals surface area contributed by atoms with Crippen molar-refractivity contribution in [2.75, 3.05) is 0 Å². The molecule has 0 unspecified atom stereocenters. The van der Waals surface area contributed by atoms with Crippen LogP contribution in [0.1, 0.15) is 43.2 Å². The van der Waals surface area contributed by atoms with Gasteiger partial charge in [0.2, 0.25) is 5.82 Å². The molecule has 0 spiro atoms. The average Bonchev–Trinajstić information content (AvgIpc) is 3.08. The van der Waals surface area contributed by atoms with Gasteiger partial charge in [0, 0.05) is 23.0 Å². The van der Waals surface area contributed by atoms with Crippen LogP contribution in [0.15, 0.2) is 28.9 Å². The maximum Gasteiger partial charge on any atom is 0.258 e. The van der Waals surface area contributed by atoms with Gasteiger partial charge in [0.25, 0.3) is 5.89 Å². The molecular formula is C21H25N3O2. The smallest absolute Gasteiger partial charge is 0.258 e. The fourth-order valence-corrected chi connectivity index (χ4v) is 3.03. The standard InChI is InChI=1S/C21H25N3O2/c1-6-15-10-16(9-14(5)19(15)25)21-23-20(24-26-21)17-8-13(4)18(22-11-17)7-12(2)3/h8-12,25H,6-7H2,1-5H3. The third kappa shape index (κ3) is 3.62. The van der Waals surface area contributed by atoms with E-state index in [0.29, 0.717) is 23.4 Å². The van der Waals surface area contributed by atoms with Gasteiger partial charge < -0.3 is 9.63 Å². The second-order valence-electron chi connectivity index (χ2n) is 7.16. The first kappa shape index (κ1) is 18.1. The fourth-order valence-electron chi connectivity index (χ4n) is 3.03. The van der Waals surface area contributed by atoms with Crippen molar-refractivity contribution >= 4 is 0 Å². The van der Waals surface area contributed by atoms with Gasteiger partial charge in [0.15, 0.2) is 0 Å². The second-order valence-corrected chi connectivity index (χ2v) is 7.16. The molecule has 5 nitrogen and oxygen atoms in total. The van der Waals surface area contributed by atoms with Crippen LogP contribution in [0.5, 0.6) is 5.75 Å². The quantitative estimate of drug-likeness (QED) is 0.709. The zero-order valence-electron chi connectivity index (χ0n) is 16.0. The van der Waals surface area contributed by atoms with Crippen molar-refractivity contribution in [1.82, 2.24) is 15.1 Å². The molecule has 136 valence electrons. The molecule has 5 heteroatoms. The lowest BCUT2D eigenvalue weighted by Crippen LogP contribution is -2.00. The van der Waals surface area contributed by atoms with E-state index >= 15 is 0 Å². The first-order valence-corrected chi connectivity index (χ1v) is 9.01. The number of aromatic hydroxyl groups is 1. The minimum Gasteiger partial charge on any atom is -0.507 e. The number of pyridine rings is 1. The summed E-state index contributed by atoms with van der Waals surface area (Å²) in [5, 5.41) is 14.2. The molecule has 3 aromatic rings. The van der Waals surface area contributed by atoms with E-state index in [-0.39, 0.29) is 0 Å². The maximum atomic E-state index is 10.1. The Hall–Kier alpha value is -2.69. The maximum absolute atomic E-state index is 10.1. The fraction of sp³-hybridized carbons (Fsp3) is 0.381. The lowest BCUT2D eigenvalue weighted by Gasteiger charge is -2.08. The molecule has 1 N–H and O–H groups in total. The highest BCUT2D eigenvalue weighted by molar-refractivity contribution is 5.63. The molecule has 2 aromatic heterocycles. The predicted octanol–water partition coefficient (Wildman–Crippen LogP) is 4.88. The van der Waals surface area contributed by atoms with Gasteiger partial charge in [-0.1, -0.05) is 25.9 Å². The molecule has 0 fully saturated rings. The topological polar surface area (TPSA) is 72.0 Å². The van der Waals surface area contributed by atoms with Crippen LogP contribution < -0.4 is 0 Å². The molecule has 3 rings (SSSR count). The number of benzene rings is 1. The van der Waals surface area contributed by atoms with Crippen LogP contribution in [0, 0.1) is 19.8 Å². The Labute approximate surface area is 154 Å². The van der Waals surface area contributed by atoms with Gasteiger partial charge >= 0.3 is 0 Å². The highest BCUT2D eigenvalue weighted by Crippen LogP contribution is 2.30. The van der Waals surface area contributed by atoms with E-state index < -0.39 is 0 Å². The lowest BCUT2D eigenvalue weighted by atomic mass is 10.0. The van der Waals surface area contributed by atoms with Gasteiger partial charge in [-0.05, 0) is 67.5 Å². The van der Waals surface area contributed by atoms with Crippen molar-refractivity contribution in [3.8, 4) is 28.6 Å². The predicted molar refractivity (Wildman–Crippen MR) is 102 cm³/mol. The van der Waals surface area contributed by atoms with Crippen molar-refractivity contribution < 1.29 is 9.63 Å². The summed E-state index contributed by atoms with van der Waals surface area (Å²) in [6.45, 7) is 10.3. The van der Waals surface area contributed by atoms with Crippen molar-refractivity contribution in [1.29, 1.82) is 0 Å². The van der Waals surface area contributed by atoms with Crippen LogP contribution in [-0.2, 0) is 12.8 Å². The van der Waals surface area contributed by atoms with Gasteiger partial charge in [-0.25, -0.2) is 0 Å². The summed E-state index contributed by atoms with van der Waals surface area (Å²) < 4.78 is 5.46. The van der Waals surface area contributed by atoms with Crippen molar-refractivity contribution in [3.63, 3.8) is 0 Å². The van der Waals surface area contributed by atoms with Crippen LogP contribution >= 0.6 is 0 Å². The van der Waals surface area contributed by atoms with Crippen LogP contribution in [-0.4, -0.2) is 20.2 Å². The number of phenols is 1. The Balaban J connectivity index is 1.93. The van der Waals surface area contributed by atoms with Crippen LogP contribution in [0.4, 0.5) is 0 Å². The zero-order chi connectivity index (χ0) is 18.8. The molecule has 1 aromatic carbocycles. The van der Waals surface area contributed by atoms with E-state index in [1.54, 1.807) is 6.20 Å². The number of nitrogens with zero attached hydrogens (tertiary/aromatic N) is 3. The molecule has 0 aliphatic rings. The molecular weight excluding hydrogens is 326 g/mol. The van der Waals surface area contributed by atoms with Crippen LogP contribution in [0.25, 0.3) is 22.8 Å². The molecule has 0 aliphatic heterocycles. The van der Waals surface area contributed by atoms with Gasteiger partial charge in [0.05, 0.1) is 0 Å². The summed E-state index contributed by atoms with van der Waals surface area (Å²) >= 11 is 0. The van der Waals surface area contributed by atoms with E-state index in [0.717, 1.165) is 46.4 Å². The highest BCUT2D eigenvalue weighted by atomic mass is 16.5. The number of aryl methyl sites for hydroxylation is 3. The molecule has 0 saturated carbocycles. The molecule has 26 heavy (non-hydrogen) atoms. The Morgan fingerprint density at radius 1 is 1.08 bits per heavy atom. The average molecular weight is 351 g/mol. The Morgan fingerprint density at radius 2 is 1.81 bits per heavy atom. The largest absolute Gasteiger partial charge is 0.507 e. The van der Waals surface area contributed by atoms with E-state index in [1.165, 1.54) is 0 Å². The van der Waals surface area contributed by atoms with Gasteiger partial charge in [-0.15, -0.1) is 0 Å². The highest BCUT2D eigenvalue weighted by Gasteiger charge is 2.15. The van der Waals surface area contributed by atoms with Crippen LogP contribution in [0.2, 0.25) is 0 Å². The number of rotatable bonds is 5. The third-order valence-corrected chi connectivity index (χ3v) is 4.48. The first-order chi connectivity index (χ1) is 12.4. The molecule has 0 atom stereocenters. The molecule has 0 bridgehead atoms. The third-order valence-electron chi connectivity index (χ3n) is 4.48. The molecule has 0 aliphatic carbocycles. The van der Waals surface area contributed by atoms with Crippen molar-refractivity contribution in [2.45, 2.75) is 47.5 Å². The summed E-state index contributed by atoms with van der Waals surface area (Å²) in [5.74, 6) is 1.86. The summed E-state index contributed by atoms with van der Waals surface area (Å²) in [4.78, 5) is 9.10. The zero-order valence-corrected chi connectivity index (χ0v) is 16.0. The Kier molecular flexibility index (Phi) is 5.07. The van der Waals surface area contributed by atoms with E-state index in [4.69, 9.17) is 4.52 Å². The Bertz CT molecular complexity index is 929. The molecule has 0 amide bonds. The SMILES string of the molecule is CCc1cc(-c2nc(-c3cnc(CC(C)C)c(C)c3)no2)cc(C)c1O. The van der Waals surface area contributed by atoms with E-state index in [2.05, 4.69) is 42.0 Å². The van der Waals surface area contributed by atoms with E-state index in [1.807, 2.05) is 26.0 Å². The van der Waals surface area contributed by atoms with Crippen molar-refractivity contribution in [3.05, 3.63) is 46.8 Å². The number of aromatic nitrogens is 3. The number of phenolic OH excluding ortho intramolecular Hbond substituents is 1. The molecule has 2 heterocycles. The summed E-state index contributed by atoms with van der Waals surface area (Å²) in [5.41, 5.74) is 5.57. The molecule has 0 saturated heterocycles. The monoisotopic (exact) mass is 351 g/mol. The normalized spacial score (nSPS) is 11.3. The van der Waals surface area contributed by atoms with Crippen molar-refractivity contribution in [2.24, 2.45) is 5.92 Å². The molecule has 0 radical (unpaired) electrons. The first-order valence-electron chi connectivity index (χ1n) is 9.01. The minimum atomic E-state index is 0.330. The lowest BCUT2D eigenvalue weighted by molar-refractivity contribution is 0.431. The second kappa shape index (κ2) is 7.28.